The molecule has 6 heteroatoms. The maximum absolute atomic E-state index is 13.4. The van der Waals surface area contributed by atoms with Crippen molar-refractivity contribution in [1.82, 2.24) is 0 Å². The van der Waals surface area contributed by atoms with Gasteiger partial charge in [0.2, 0.25) is 0 Å². The molecule has 0 aromatic heterocycles. The van der Waals surface area contributed by atoms with Gasteiger partial charge in [0.05, 0.1) is 13.0 Å². The van der Waals surface area contributed by atoms with Crippen molar-refractivity contribution in [2.75, 3.05) is 7.11 Å². The zero-order valence-electron chi connectivity index (χ0n) is 9.21. The molecule has 17 heavy (non-hydrogen) atoms. The zero-order chi connectivity index (χ0) is 13.2. The molecule has 0 radical (unpaired) electrons. The summed E-state index contributed by atoms with van der Waals surface area (Å²) in [7, 11) is 1.15. The van der Waals surface area contributed by atoms with E-state index in [4.69, 9.17) is 9.84 Å². The van der Waals surface area contributed by atoms with Crippen molar-refractivity contribution in [2.24, 2.45) is 0 Å². The summed E-state index contributed by atoms with van der Waals surface area (Å²) in [6, 6.07) is 1.59. The number of carboxylic acid groups (broad SMARTS) is 1. The van der Waals surface area contributed by atoms with Gasteiger partial charge in [-0.05, 0) is 19.1 Å². The van der Waals surface area contributed by atoms with Crippen LogP contribution >= 0.6 is 0 Å². The van der Waals surface area contributed by atoms with Gasteiger partial charge < -0.3 is 9.84 Å². The van der Waals surface area contributed by atoms with Crippen LogP contribution in [0.1, 0.15) is 30.4 Å². The van der Waals surface area contributed by atoms with Crippen LogP contribution in [0.15, 0.2) is 12.1 Å². The highest BCUT2D eigenvalue weighted by Crippen LogP contribution is 2.33. The molecular formula is C11H11F3O3. The molecule has 94 valence electrons. The summed E-state index contributed by atoms with van der Waals surface area (Å²) in [4.78, 5) is 10.8. The minimum Gasteiger partial charge on any atom is -0.493 e. The minimum absolute atomic E-state index is 0.102. The van der Waals surface area contributed by atoms with E-state index in [-0.39, 0.29) is 11.3 Å². The lowest BCUT2D eigenvalue weighted by molar-refractivity contribution is -0.138. The van der Waals surface area contributed by atoms with Crippen LogP contribution in [0.4, 0.5) is 13.2 Å². The largest absolute Gasteiger partial charge is 0.493 e. The van der Waals surface area contributed by atoms with Gasteiger partial charge in [0.15, 0.2) is 11.6 Å². The Morgan fingerprint density at radius 2 is 2.00 bits per heavy atom. The van der Waals surface area contributed by atoms with Gasteiger partial charge in [0.1, 0.15) is 0 Å². The summed E-state index contributed by atoms with van der Waals surface area (Å²) in [6.07, 6.45) is -2.87. The van der Waals surface area contributed by atoms with E-state index >= 15 is 0 Å². The first-order valence-electron chi connectivity index (χ1n) is 4.76. The third-order valence-corrected chi connectivity index (χ3v) is 2.39. The van der Waals surface area contributed by atoms with Crippen molar-refractivity contribution in [3.05, 3.63) is 29.1 Å². The molecule has 1 N–H and O–H groups in total. The third kappa shape index (κ3) is 2.69. The lowest BCUT2D eigenvalue weighted by atomic mass is 9.97. The van der Waals surface area contributed by atoms with Crippen LogP contribution in [0, 0.1) is 5.82 Å². The predicted molar refractivity (Wildman–Crippen MR) is 54.0 cm³/mol. The molecule has 0 aliphatic carbocycles. The SMILES string of the molecule is COc1c(F)cc(C(F)F)cc1C(C)C(=O)O. The Bertz CT molecular complexity index is 432. The zero-order valence-corrected chi connectivity index (χ0v) is 9.21. The van der Waals surface area contributed by atoms with E-state index in [1.54, 1.807) is 0 Å². The summed E-state index contributed by atoms with van der Waals surface area (Å²) in [5.74, 6) is -3.68. The van der Waals surface area contributed by atoms with Crippen LogP contribution in [-0.2, 0) is 4.79 Å². The lowest BCUT2D eigenvalue weighted by Gasteiger charge is -2.14. The Labute approximate surface area is 95.8 Å². The summed E-state index contributed by atoms with van der Waals surface area (Å²) in [5, 5.41) is 8.81. The number of ether oxygens (including phenoxy) is 1. The first-order valence-corrected chi connectivity index (χ1v) is 4.76. The van der Waals surface area contributed by atoms with E-state index in [1.807, 2.05) is 0 Å². The summed E-state index contributed by atoms with van der Waals surface area (Å²) < 4.78 is 43.1. The molecule has 0 fully saturated rings. The second kappa shape index (κ2) is 5.07. The maximum atomic E-state index is 13.4. The number of halogens is 3. The van der Waals surface area contributed by atoms with Gasteiger partial charge in [0.25, 0.3) is 6.43 Å². The number of hydrogen-bond acceptors (Lipinski definition) is 2. The molecule has 0 bridgehead atoms. The highest BCUT2D eigenvalue weighted by atomic mass is 19.3. The number of aliphatic carboxylic acids is 1. The van der Waals surface area contributed by atoms with Gasteiger partial charge in [0, 0.05) is 11.1 Å². The van der Waals surface area contributed by atoms with Gasteiger partial charge in [-0.15, -0.1) is 0 Å². The molecule has 1 rings (SSSR count). The highest BCUT2D eigenvalue weighted by molar-refractivity contribution is 5.76. The predicted octanol–water partition coefficient (Wildman–Crippen LogP) is 2.96. The summed E-state index contributed by atoms with van der Waals surface area (Å²) in [5.41, 5.74) is -0.665. The summed E-state index contributed by atoms with van der Waals surface area (Å²) >= 11 is 0. The first-order chi connectivity index (χ1) is 7.88. The fourth-order valence-electron chi connectivity index (χ4n) is 1.43. The monoisotopic (exact) mass is 248 g/mol. The molecule has 0 heterocycles. The van der Waals surface area contributed by atoms with Gasteiger partial charge >= 0.3 is 5.97 Å². The standard InChI is InChI=1S/C11H11F3O3/c1-5(11(15)16)7-3-6(10(13)14)4-8(12)9(7)17-2/h3-5,10H,1-2H3,(H,15,16). The second-order valence-electron chi connectivity index (χ2n) is 3.49. The number of hydrogen-bond donors (Lipinski definition) is 1. The van der Waals surface area contributed by atoms with E-state index in [0.29, 0.717) is 6.07 Å². The second-order valence-corrected chi connectivity index (χ2v) is 3.49. The van der Waals surface area contributed by atoms with E-state index in [0.717, 1.165) is 13.2 Å². The Morgan fingerprint density at radius 1 is 1.41 bits per heavy atom. The molecule has 3 nitrogen and oxygen atoms in total. The van der Waals surface area contributed by atoms with Crippen LogP contribution in [-0.4, -0.2) is 18.2 Å². The van der Waals surface area contributed by atoms with Crippen LogP contribution < -0.4 is 4.74 Å². The van der Waals surface area contributed by atoms with E-state index < -0.39 is 29.7 Å². The number of carbonyl (C=O) groups is 1. The molecule has 1 unspecified atom stereocenters. The smallest absolute Gasteiger partial charge is 0.310 e. The van der Waals surface area contributed by atoms with Crippen LogP contribution in [0.5, 0.6) is 5.75 Å². The molecule has 0 amide bonds. The van der Waals surface area contributed by atoms with Gasteiger partial charge in [-0.1, -0.05) is 0 Å². The molecule has 0 aliphatic heterocycles. The lowest BCUT2D eigenvalue weighted by Crippen LogP contribution is -2.10. The molecule has 1 aromatic rings. The Kier molecular flexibility index (Phi) is 3.98. The first kappa shape index (κ1) is 13.3. The quantitative estimate of drug-likeness (QED) is 0.891. The molecule has 0 saturated heterocycles. The normalized spacial score (nSPS) is 12.6. The Morgan fingerprint density at radius 3 is 2.41 bits per heavy atom. The van der Waals surface area contributed by atoms with Crippen molar-refractivity contribution in [3.8, 4) is 5.75 Å². The number of rotatable bonds is 4. The van der Waals surface area contributed by atoms with Gasteiger partial charge in [-0.2, -0.15) is 0 Å². The molecule has 0 saturated carbocycles. The topological polar surface area (TPSA) is 46.5 Å². The maximum Gasteiger partial charge on any atom is 0.310 e. The molecule has 1 atom stereocenters. The molecule has 0 spiro atoms. The fourth-order valence-corrected chi connectivity index (χ4v) is 1.43. The highest BCUT2D eigenvalue weighted by Gasteiger charge is 2.23. The van der Waals surface area contributed by atoms with Crippen LogP contribution in [0.3, 0.4) is 0 Å². The van der Waals surface area contributed by atoms with Crippen LogP contribution in [0.2, 0.25) is 0 Å². The fraction of sp³-hybridized carbons (Fsp3) is 0.364. The van der Waals surface area contributed by atoms with Gasteiger partial charge in [-0.25, -0.2) is 13.2 Å². The van der Waals surface area contributed by atoms with Crippen LogP contribution in [0.25, 0.3) is 0 Å². The third-order valence-electron chi connectivity index (χ3n) is 2.39. The average molecular weight is 248 g/mol. The molecular weight excluding hydrogens is 237 g/mol. The van der Waals surface area contributed by atoms with E-state index in [1.165, 1.54) is 6.92 Å². The molecule has 1 aromatic carbocycles. The van der Waals surface area contributed by atoms with Crippen molar-refractivity contribution in [2.45, 2.75) is 19.3 Å². The molecule has 0 aliphatic rings. The van der Waals surface area contributed by atoms with Crippen molar-refractivity contribution in [3.63, 3.8) is 0 Å². The van der Waals surface area contributed by atoms with E-state index in [2.05, 4.69) is 0 Å². The van der Waals surface area contributed by atoms with Crippen molar-refractivity contribution in [1.29, 1.82) is 0 Å². The Balaban J connectivity index is 3.38. The number of benzene rings is 1. The number of alkyl halides is 2. The number of methoxy groups -OCH3 is 1. The van der Waals surface area contributed by atoms with E-state index in [9.17, 15) is 18.0 Å². The minimum atomic E-state index is -2.87. The average Bonchev–Trinajstić information content (AvgIpc) is 2.26. The Hall–Kier alpha value is -1.72. The van der Waals surface area contributed by atoms with Gasteiger partial charge in [-0.3, -0.25) is 4.79 Å². The summed E-state index contributed by atoms with van der Waals surface area (Å²) in [6.45, 7) is 1.27. The van der Waals surface area contributed by atoms with Crippen molar-refractivity contribution >= 4 is 5.97 Å². The number of carboxylic acids is 1. The van der Waals surface area contributed by atoms with Crippen molar-refractivity contribution < 1.29 is 27.8 Å².